The van der Waals surface area contributed by atoms with Crippen LogP contribution in [0.15, 0.2) is 54.9 Å². The van der Waals surface area contributed by atoms with E-state index in [0.29, 0.717) is 22.3 Å². The fraction of sp³-hybridized carbons (Fsp3) is 0.0625. The number of hydrogen-bond acceptors (Lipinski definition) is 3. The number of carbonyl (C=O) groups is 1. The van der Waals surface area contributed by atoms with Crippen molar-refractivity contribution in [2.45, 2.75) is 6.92 Å². The Bertz CT molecular complexity index is 803. The van der Waals surface area contributed by atoms with Crippen LogP contribution < -0.4 is 0 Å². The van der Waals surface area contributed by atoms with Crippen LogP contribution in [-0.2, 0) is 0 Å². The SMILES string of the molecule is C=C(C)C(=O)c1c[nH]c2ncc(-c3ccccc3)nc12. The minimum Gasteiger partial charge on any atom is -0.344 e. The molecule has 98 valence electrons. The van der Waals surface area contributed by atoms with Crippen LogP contribution in [0.2, 0.25) is 0 Å². The van der Waals surface area contributed by atoms with Gasteiger partial charge < -0.3 is 4.98 Å². The molecule has 0 fully saturated rings. The fourth-order valence-electron chi connectivity index (χ4n) is 2.04. The predicted octanol–water partition coefficient (Wildman–Crippen LogP) is 3.38. The summed E-state index contributed by atoms with van der Waals surface area (Å²) in [6.07, 6.45) is 3.33. The average molecular weight is 263 g/mol. The van der Waals surface area contributed by atoms with E-state index in [9.17, 15) is 4.79 Å². The highest BCUT2D eigenvalue weighted by Crippen LogP contribution is 2.22. The summed E-state index contributed by atoms with van der Waals surface area (Å²) in [6.45, 7) is 5.38. The van der Waals surface area contributed by atoms with Gasteiger partial charge >= 0.3 is 0 Å². The van der Waals surface area contributed by atoms with Crippen LogP contribution >= 0.6 is 0 Å². The lowest BCUT2D eigenvalue weighted by atomic mass is 10.1. The minimum absolute atomic E-state index is 0.115. The van der Waals surface area contributed by atoms with E-state index in [1.807, 2.05) is 30.3 Å². The largest absolute Gasteiger partial charge is 0.344 e. The van der Waals surface area contributed by atoms with Crippen molar-refractivity contribution in [1.82, 2.24) is 15.0 Å². The molecule has 0 spiro atoms. The van der Waals surface area contributed by atoms with Gasteiger partial charge in [-0.05, 0) is 12.5 Å². The topological polar surface area (TPSA) is 58.6 Å². The van der Waals surface area contributed by atoms with E-state index in [-0.39, 0.29) is 5.78 Å². The Hall–Kier alpha value is -2.75. The Labute approximate surface area is 116 Å². The van der Waals surface area contributed by atoms with Gasteiger partial charge in [-0.15, -0.1) is 0 Å². The van der Waals surface area contributed by atoms with E-state index in [4.69, 9.17) is 0 Å². The number of fused-ring (bicyclic) bond motifs is 1. The van der Waals surface area contributed by atoms with Gasteiger partial charge in [0.05, 0.1) is 17.5 Å². The normalized spacial score (nSPS) is 10.7. The molecule has 4 heteroatoms. The van der Waals surface area contributed by atoms with Gasteiger partial charge in [-0.1, -0.05) is 36.9 Å². The molecule has 0 bridgehead atoms. The predicted molar refractivity (Wildman–Crippen MR) is 78.5 cm³/mol. The van der Waals surface area contributed by atoms with Crippen molar-refractivity contribution in [3.05, 3.63) is 60.4 Å². The first-order valence-electron chi connectivity index (χ1n) is 6.26. The smallest absolute Gasteiger partial charge is 0.191 e. The molecule has 0 amide bonds. The summed E-state index contributed by atoms with van der Waals surface area (Å²) < 4.78 is 0. The van der Waals surface area contributed by atoms with Gasteiger partial charge in [0.1, 0.15) is 5.52 Å². The van der Waals surface area contributed by atoms with E-state index < -0.39 is 0 Å². The number of rotatable bonds is 3. The maximum Gasteiger partial charge on any atom is 0.191 e. The number of carbonyl (C=O) groups excluding carboxylic acids is 1. The molecular formula is C16H13N3O. The zero-order valence-corrected chi connectivity index (χ0v) is 11.1. The van der Waals surface area contributed by atoms with Crippen molar-refractivity contribution in [1.29, 1.82) is 0 Å². The van der Waals surface area contributed by atoms with Gasteiger partial charge in [0.2, 0.25) is 0 Å². The van der Waals surface area contributed by atoms with Crippen molar-refractivity contribution >= 4 is 16.9 Å². The van der Waals surface area contributed by atoms with Crippen molar-refractivity contribution in [3.8, 4) is 11.3 Å². The van der Waals surface area contributed by atoms with E-state index >= 15 is 0 Å². The summed E-state index contributed by atoms with van der Waals surface area (Å²) in [5, 5.41) is 0. The summed E-state index contributed by atoms with van der Waals surface area (Å²) in [6, 6.07) is 9.75. The monoisotopic (exact) mass is 263 g/mol. The molecule has 20 heavy (non-hydrogen) atoms. The van der Waals surface area contributed by atoms with E-state index in [2.05, 4.69) is 21.5 Å². The van der Waals surface area contributed by atoms with Crippen LogP contribution in [-0.4, -0.2) is 20.7 Å². The maximum atomic E-state index is 12.1. The van der Waals surface area contributed by atoms with E-state index in [1.165, 1.54) is 0 Å². The Balaban J connectivity index is 2.17. The van der Waals surface area contributed by atoms with Crippen LogP contribution in [0.5, 0.6) is 0 Å². The number of ketones is 1. The van der Waals surface area contributed by atoms with Crippen LogP contribution in [0.25, 0.3) is 22.4 Å². The molecule has 1 N–H and O–H groups in total. The standard InChI is InChI=1S/C16H13N3O/c1-10(2)15(20)12-8-17-16-14(12)19-13(9-18-16)11-6-4-3-5-7-11/h3-9H,1H2,2H3,(H,17,18). The van der Waals surface area contributed by atoms with E-state index in [0.717, 1.165) is 11.3 Å². The van der Waals surface area contributed by atoms with Crippen molar-refractivity contribution < 1.29 is 4.79 Å². The maximum absolute atomic E-state index is 12.1. The Kier molecular flexibility index (Phi) is 2.91. The number of benzene rings is 1. The number of Topliss-reactive ketones (excluding diaryl/α,β-unsaturated/α-hetero) is 1. The molecule has 0 radical (unpaired) electrons. The molecule has 3 aromatic rings. The number of allylic oxidation sites excluding steroid dienone is 1. The highest BCUT2D eigenvalue weighted by molar-refractivity contribution is 6.14. The Morgan fingerprint density at radius 1 is 1.25 bits per heavy atom. The van der Waals surface area contributed by atoms with Crippen molar-refractivity contribution in [2.75, 3.05) is 0 Å². The number of nitrogens with zero attached hydrogens (tertiary/aromatic N) is 2. The summed E-state index contributed by atoms with van der Waals surface area (Å²) in [7, 11) is 0. The molecular weight excluding hydrogens is 250 g/mol. The molecule has 2 heterocycles. The summed E-state index contributed by atoms with van der Waals surface area (Å²) in [4.78, 5) is 23.9. The first-order valence-corrected chi connectivity index (χ1v) is 6.26. The second-order valence-corrected chi connectivity index (χ2v) is 4.63. The number of aromatic nitrogens is 3. The van der Waals surface area contributed by atoms with Crippen LogP contribution in [0.1, 0.15) is 17.3 Å². The van der Waals surface area contributed by atoms with Gasteiger partial charge in [-0.3, -0.25) is 4.79 Å². The molecule has 4 nitrogen and oxygen atoms in total. The molecule has 0 saturated heterocycles. The number of hydrogen-bond donors (Lipinski definition) is 1. The van der Waals surface area contributed by atoms with Crippen LogP contribution in [0.4, 0.5) is 0 Å². The molecule has 1 aromatic carbocycles. The van der Waals surface area contributed by atoms with Gasteiger partial charge in [0.15, 0.2) is 11.4 Å². The van der Waals surface area contributed by atoms with Gasteiger partial charge in [0, 0.05) is 11.8 Å². The molecule has 0 saturated carbocycles. The lowest BCUT2D eigenvalue weighted by Crippen LogP contribution is -1.99. The third-order valence-electron chi connectivity index (χ3n) is 3.08. The van der Waals surface area contributed by atoms with Crippen LogP contribution in [0.3, 0.4) is 0 Å². The number of H-pyrrole nitrogens is 1. The van der Waals surface area contributed by atoms with Crippen molar-refractivity contribution in [2.24, 2.45) is 0 Å². The summed E-state index contributed by atoms with van der Waals surface area (Å²) in [5.41, 5.74) is 3.90. The lowest BCUT2D eigenvalue weighted by Gasteiger charge is -2.01. The molecule has 0 unspecified atom stereocenters. The third-order valence-corrected chi connectivity index (χ3v) is 3.08. The molecule has 0 aliphatic rings. The third kappa shape index (κ3) is 2.01. The zero-order valence-electron chi connectivity index (χ0n) is 11.1. The summed E-state index contributed by atoms with van der Waals surface area (Å²) in [5.74, 6) is -0.115. The quantitative estimate of drug-likeness (QED) is 0.582. The van der Waals surface area contributed by atoms with Gasteiger partial charge in [-0.2, -0.15) is 0 Å². The van der Waals surface area contributed by atoms with Crippen LogP contribution in [0, 0.1) is 0 Å². The van der Waals surface area contributed by atoms with Crippen molar-refractivity contribution in [3.63, 3.8) is 0 Å². The molecule has 0 atom stereocenters. The van der Waals surface area contributed by atoms with Gasteiger partial charge in [0.25, 0.3) is 0 Å². The lowest BCUT2D eigenvalue weighted by molar-refractivity contribution is 0.103. The first-order chi connectivity index (χ1) is 9.66. The fourth-order valence-corrected chi connectivity index (χ4v) is 2.04. The zero-order chi connectivity index (χ0) is 14.1. The Morgan fingerprint density at radius 3 is 2.70 bits per heavy atom. The molecule has 0 aliphatic carbocycles. The highest BCUT2D eigenvalue weighted by Gasteiger charge is 2.15. The van der Waals surface area contributed by atoms with E-state index in [1.54, 1.807) is 19.3 Å². The highest BCUT2D eigenvalue weighted by atomic mass is 16.1. The second kappa shape index (κ2) is 4.74. The minimum atomic E-state index is -0.115. The number of aromatic amines is 1. The average Bonchev–Trinajstić information content (AvgIpc) is 2.90. The molecule has 2 aromatic heterocycles. The summed E-state index contributed by atoms with van der Waals surface area (Å²) >= 11 is 0. The van der Waals surface area contributed by atoms with Gasteiger partial charge in [-0.25, -0.2) is 9.97 Å². The number of nitrogens with one attached hydrogen (secondary N) is 1. The first kappa shape index (κ1) is 12.3. The Morgan fingerprint density at radius 2 is 2.00 bits per heavy atom. The second-order valence-electron chi connectivity index (χ2n) is 4.63. The molecule has 0 aliphatic heterocycles. The molecule has 3 rings (SSSR count).